The van der Waals surface area contributed by atoms with Gasteiger partial charge in [0.25, 0.3) is 5.91 Å². The summed E-state index contributed by atoms with van der Waals surface area (Å²) in [4.78, 5) is 31.0. The van der Waals surface area contributed by atoms with Crippen LogP contribution in [0.1, 0.15) is 6.42 Å². The Morgan fingerprint density at radius 1 is 0.969 bits per heavy atom. The third kappa shape index (κ3) is 3.65. The molecule has 32 heavy (non-hydrogen) atoms. The zero-order valence-electron chi connectivity index (χ0n) is 16.9. The summed E-state index contributed by atoms with van der Waals surface area (Å²) in [5.74, 6) is -0.525. The topological polar surface area (TPSA) is 91.1 Å². The molecule has 0 unspecified atom stereocenters. The SMILES string of the molecule is N=c1c2ccccc2nc2n1N(c1ccccc1)C(=O)[C@H](CC(=O)Nc1ccccc1)S2. The lowest BCUT2D eigenvalue weighted by Gasteiger charge is -2.34. The number of thioether (sulfide) groups is 1. The normalized spacial score (nSPS) is 15.4. The predicted octanol–water partition coefficient (Wildman–Crippen LogP) is 3.82. The Hall–Kier alpha value is -3.91. The fourth-order valence-corrected chi connectivity index (χ4v) is 4.76. The molecule has 1 aliphatic heterocycles. The highest BCUT2D eigenvalue weighted by molar-refractivity contribution is 8.00. The van der Waals surface area contributed by atoms with Crippen LogP contribution in [0.5, 0.6) is 0 Å². The van der Waals surface area contributed by atoms with Crippen LogP contribution in [0.15, 0.2) is 90.1 Å². The molecule has 5 rings (SSSR count). The van der Waals surface area contributed by atoms with Gasteiger partial charge in [0.1, 0.15) is 5.25 Å². The first-order chi connectivity index (χ1) is 15.6. The van der Waals surface area contributed by atoms with Crippen molar-refractivity contribution in [2.24, 2.45) is 0 Å². The lowest BCUT2D eigenvalue weighted by atomic mass is 10.2. The van der Waals surface area contributed by atoms with Crippen molar-refractivity contribution in [3.63, 3.8) is 0 Å². The van der Waals surface area contributed by atoms with Crippen molar-refractivity contribution in [3.05, 3.63) is 90.4 Å². The number of aromatic nitrogens is 2. The summed E-state index contributed by atoms with van der Waals surface area (Å²) in [6.07, 6.45) is -0.0103. The van der Waals surface area contributed by atoms with Crippen LogP contribution in [0, 0.1) is 5.41 Å². The second-order valence-corrected chi connectivity index (χ2v) is 8.45. The molecule has 0 saturated heterocycles. The molecule has 0 aliphatic carbocycles. The van der Waals surface area contributed by atoms with Crippen molar-refractivity contribution in [3.8, 4) is 0 Å². The molecule has 0 fully saturated rings. The fraction of sp³-hybridized carbons (Fsp3) is 0.0833. The summed E-state index contributed by atoms with van der Waals surface area (Å²) in [6, 6.07) is 25.7. The van der Waals surface area contributed by atoms with Crippen molar-refractivity contribution in [2.75, 3.05) is 10.3 Å². The van der Waals surface area contributed by atoms with Crippen LogP contribution < -0.4 is 15.8 Å². The van der Waals surface area contributed by atoms with E-state index < -0.39 is 5.25 Å². The van der Waals surface area contributed by atoms with Gasteiger partial charge in [-0.1, -0.05) is 60.3 Å². The molecule has 1 aromatic heterocycles. The van der Waals surface area contributed by atoms with Gasteiger partial charge in [0.05, 0.1) is 11.2 Å². The van der Waals surface area contributed by atoms with E-state index in [2.05, 4.69) is 5.32 Å². The first kappa shape index (κ1) is 20.0. The molecular formula is C24H19N5O2S. The van der Waals surface area contributed by atoms with Crippen LogP contribution in [0.25, 0.3) is 10.9 Å². The first-order valence-electron chi connectivity index (χ1n) is 10.1. The van der Waals surface area contributed by atoms with E-state index in [1.165, 1.54) is 21.4 Å². The number of carbonyl (C=O) groups excluding carboxylic acids is 2. The summed E-state index contributed by atoms with van der Waals surface area (Å²) < 4.78 is 1.52. The number of carbonyl (C=O) groups is 2. The van der Waals surface area contributed by atoms with E-state index in [9.17, 15) is 9.59 Å². The van der Waals surface area contributed by atoms with Crippen molar-refractivity contribution >= 4 is 45.9 Å². The van der Waals surface area contributed by atoms with E-state index >= 15 is 0 Å². The van der Waals surface area contributed by atoms with Crippen molar-refractivity contribution in [1.82, 2.24) is 9.66 Å². The molecule has 0 spiro atoms. The molecule has 1 atom stereocenters. The Kier molecular flexibility index (Phi) is 5.20. The van der Waals surface area contributed by atoms with E-state index in [0.29, 0.717) is 27.4 Å². The van der Waals surface area contributed by atoms with Crippen LogP contribution in [0.2, 0.25) is 0 Å². The molecule has 1 aliphatic rings. The molecule has 7 nitrogen and oxygen atoms in total. The van der Waals surface area contributed by atoms with Gasteiger partial charge in [-0.25, -0.2) is 14.7 Å². The van der Waals surface area contributed by atoms with Gasteiger partial charge in [0.2, 0.25) is 5.91 Å². The number of amides is 2. The molecule has 2 N–H and O–H groups in total. The number of fused-ring (bicyclic) bond motifs is 2. The number of nitrogens with one attached hydrogen (secondary N) is 2. The maximum absolute atomic E-state index is 13.6. The zero-order valence-corrected chi connectivity index (χ0v) is 17.8. The molecule has 0 radical (unpaired) electrons. The van der Waals surface area contributed by atoms with E-state index in [1.54, 1.807) is 24.3 Å². The van der Waals surface area contributed by atoms with Crippen LogP contribution >= 0.6 is 11.8 Å². The third-order valence-electron chi connectivity index (χ3n) is 5.13. The van der Waals surface area contributed by atoms with Crippen LogP contribution in [0.4, 0.5) is 11.4 Å². The Morgan fingerprint density at radius 3 is 2.38 bits per heavy atom. The maximum atomic E-state index is 13.6. The smallest absolute Gasteiger partial charge is 0.260 e. The minimum atomic E-state index is -0.674. The molecular weight excluding hydrogens is 422 g/mol. The monoisotopic (exact) mass is 441 g/mol. The number of nitrogens with zero attached hydrogens (tertiary/aromatic N) is 3. The van der Waals surface area contributed by atoms with Gasteiger partial charge in [0, 0.05) is 17.5 Å². The summed E-state index contributed by atoms with van der Waals surface area (Å²) >= 11 is 1.21. The summed E-state index contributed by atoms with van der Waals surface area (Å²) in [5, 5.41) is 13.5. The zero-order chi connectivity index (χ0) is 22.1. The number of benzene rings is 3. The van der Waals surface area contributed by atoms with Crippen LogP contribution in [0.3, 0.4) is 0 Å². The minimum absolute atomic E-state index is 0.0103. The molecule has 0 saturated carbocycles. The number of para-hydroxylation sites is 3. The average Bonchev–Trinajstić information content (AvgIpc) is 2.81. The number of anilines is 2. The second-order valence-electron chi connectivity index (χ2n) is 7.28. The van der Waals surface area contributed by atoms with Gasteiger partial charge in [-0.15, -0.1) is 0 Å². The molecule has 2 heterocycles. The van der Waals surface area contributed by atoms with Gasteiger partial charge < -0.3 is 5.32 Å². The molecule has 158 valence electrons. The number of hydrogen-bond acceptors (Lipinski definition) is 5. The first-order valence-corrected chi connectivity index (χ1v) is 11.0. The largest absolute Gasteiger partial charge is 0.326 e. The minimum Gasteiger partial charge on any atom is -0.326 e. The molecule has 8 heteroatoms. The van der Waals surface area contributed by atoms with E-state index in [0.717, 1.165) is 0 Å². The molecule has 2 amide bonds. The van der Waals surface area contributed by atoms with Gasteiger partial charge in [-0.2, -0.15) is 0 Å². The standard InChI is InChI=1S/C24H19N5O2S/c25-22-18-13-7-8-14-19(18)27-24-29(22)28(17-11-5-2-6-12-17)23(31)20(32-24)15-21(30)26-16-9-3-1-4-10-16/h1-14,20,25H,15H2,(H,26,30)/t20-/m0/s1. The third-order valence-corrected chi connectivity index (χ3v) is 6.26. The highest BCUT2D eigenvalue weighted by Gasteiger charge is 2.37. The van der Waals surface area contributed by atoms with Crippen molar-refractivity contribution < 1.29 is 9.59 Å². The highest BCUT2D eigenvalue weighted by atomic mass is 32.2. The highest BCUT2D eigenvalue weighted by Crippen LogP contribution is 2.33. The Morgan fingerprint density at radius 2 is 1.62 bits per heavy atom. The van der Waals surface area contributed by atoms with Crippen LogP contribution in [-0.4, -0.2) is 26.7 Å². The molecule has 0 bridgehead atoms. The van der Waals surface area contributed by atoms with Gasteiger partial charge >= 0.3 is 0 Å². The molecule has 3 aromatic carbocycles. The summed E-state index contributed by atoms with van der Waals surface area (Å²) in [5.41, 5.74) is 2.13. The Balaban J connectivity index is 1.56. The summed E-state index contributed by atoms with van der Waals surface area (Å²) in [7, 11) is 0. The Bertz CT molecular complexity index is 1370. The fourth-order valence-electron chi connectivity index (χ4n) is 3.65. The van der Waals surface area contributed by atoms with Gasteiger partial charge in [-0.05, 0) is 36.4 Å². The van der Waals surface area contributed by atoms with Crippen LogP contribution in [-0.2, 0) is 9.59 Å². The predicted molar refractivity (Wildman–Crippen MR) is 124 cm³/mol. The maximum Gasteiger partial charge on any atom is 0.260 e. The van der Waals surface area contributed by atoms with Crippen molar-refractivity contribution in [1.29, 1.82) is 5.41 Å². The number of rotatable bonds is 4. The van der Waals surface area contributed by atoms with Crippen molar-refractivity contribution in [2.45, 2.75) is 16.8 Å². The Labute approximate surface area is 188 Å². The van der Waals surface area contributed by atoms with E-state index in [-0.39, 0.29) is 23.7 Å². The number of hydrogen-bond donors (Lipinski definition) is 2. The van der Waals surface area contributed by atoms with E-state index in [4.69, 9.17) is 10.4 Å². The molecule has 4 aromatic rings. The van der Waals surface area contributed by atoms with Gasteiger partial charge in [0.15, 0.2) is 10.6 Å². The lowest BCUT2D eigenvalue weighted by molar-refractivity contribution is -0.122. The van der Waals surface area contributed by atoms with Gasteiger partial charge in [-0.3, -0.25) is 15.0 Å². The summed E-state index contributed by atoms with van der Waals surface area (Å²) in [6.45, 7) is 0. The van der Waals surface area contributed by atoms with E-state index in [1.807, 2.05) is 60.7 Å². The lowest BCUT2D eigenvalue weighted by Crippen LogP contribution is -2.51. The quantitative estimate of drug-likeness (QED) is 0.471. The average molecular weight is 442 g/mol. The second kappa shape index (κ2) is 8.32.